The smallest absolute Gasteiger partial charge is 0.318 e. The Morgan fingerprint density at radius 3 is 2.00 bits per heavy atom. The molecule has 1 atom stereocenters. The van der Waals surface area contributed by atoms with Crippen LogP contribution in [-0.4, -0.2) is 25.5 Å². The van der Waals surface area contributed by atoms with Crippen LogP contribution in [0, 0.1) is 16.7 Å². The van der Waals surface area contributed by atoms with E-state index in [1.807, 2.05) is 0 Å². The number of amides is 1. The zero-order valence-corrected chi connectivity index (χ0v) is 12.7. The highest BCUT2D eigenvalue weighted by atomic mass is 16.5. The third-order valence-corrected chi connectivity index (χ3v) is 3.95. The minimum absolute atomic E-state index is 0.0446. The molecule has 0 aromatic carbocycles. The van der Waals surface area contributed by atoms with Gasteiger partial charge in [0.05, 0.1) is 7.11 Å². The summed E-state index contributed by atoms with van der Waals surface area (Å²) in [6.45, 7) is 13.0. The molecule has 0 aliphatic heterocycles. The first-order valence-corrected chi connectivity index (χ1v) is 6.42. The Kier molecular flexibility index (Phi) is 5.84. The zero-order chi connectivity index (χ0) is 14.6. The molecular weight excluding hydrogens is 230 g/mol. The summed E-state index contributed by atoms with van der Waals surface area (Å²) in [4.78, 5) is 23.4. The minimum atomic E-state index is -0.703. The van der Waals surface area contributed by atoms with Gasteiger partial charge in [-0.3, -0.25) is 9.59 Å². The van der Waals surface area contributed by atoms with Crippen molar-refractivity contribution in [2.45, 2.75) is 48.0 Å². The summed E-state index contributed by atoms with van der Waals surface area (Å²) in [6.07, 6.45) is 0.453. The van der Waals surface area contributed by atoms with Crippen LogP contribution in [0.2, 0.25) is 0 Å². The molecule has 0 heterocycles. The quantitative estimate of drug-likeness (QED) is 0.607. The largest absolute Gasteiger partial charge is 0.468 e. The Bertz CT molecular complexity index is 303. The number of esters is 1. The maximum absolute atomic E-state index is 11.9. The Balaban J connectivity index is 4.55. The van der Waals surface area contributed by atoms with Crippen LogP contribution in [0.5, 0.6) is 0 Å². The number of hydrogen-bond acceptors (Lipinski definition) is 3. The van der Waals surface area contributed by atoms with Crippen LogP contribution in [-0.2, 0) is 14.3 Å². The Labute approximate surface area is 110 Å². The van der Waals surface area contributed by atoms with Crippen molar-refractivity contribution in [1.29, 1.82) is 0 Å². The van der Waals surface area contributed by atoms with Crippen LogP contribution in [0.3, 0.4) is 0 Å². The first-order valence-electron chi connectivity index (χ1n) is 6.42. The van der Waals surface area contributed by atoms with E-state index in [2.05, 4.69) is 44.7 Å². The lowest BCUT2D eigenvalue weighted by molar-refractivity contribution is -0.150. The number of methoxy groups -OCH3 is 1. The van der Waals surface area contributed by atoms with Crippen molar-refractivity contribution in [2.75, 3.05) is 13.7 Å². The molecule has 0 rings (SSSR count). The summed E-state index contributed by atoms with van der Waals surface area (Å²) in [5, 5.41) is 2.86. The van der Waals surface area contributed by atoms with E-state index in [0.29, 0.717) is 13.0 Å². The zero-order valence-electron chi connectivity index (χ0n) is 12.7. The monoisotopic (exact) mass is 257 g/mol. The van der Waals surface area contributed by atoms with Gasteiger partial charge in [-0.05, 0) is 17.3 Å². The fraction of sp³-hybridized carbons (Fsp3) is 0.857. The lowest BCUT2D eigenvalue weighted by Gasteiger charge is -2.39. The molecule has 0 spiro atoms. The highest BCUT2D eigenvalue weighted by Gasteiger charge is 2.34. The summed E-state index contributed by atoms with van der Waals surface area (Å²) in [5.74, 6) is -1.42. The molecule has 1 amide bonds. The Morgan fingerprint density at radius 1 is 1.17 bits per heavy atom. The molecule has 4 heteroatoms. The van der Waals surface area contributed by atoms with Gasteiger partial charge in [-0.2, -0.15) is 0 Å². The van der Waals surface area contributed by atoms with Crippen molar-refractivity contribution in [1.82, 2.24) is 5.32 Å². The average molecular weight is 257 g/mol. The van der Waals surface area contributed by atoms with E-state index in [1.165, 1.54) is 7.11 Å². The second-order valence-corrected chi connectivity index (χ2v) is 6.34. The summed E-state index contributed by atoms with van der Waals surface area (Å²) < 4.78 is 4.62. The van der Waals surface area contributed by atoms with Crippen LogP contribution >= 0.6 is 0 Å². The SMILES string of the molecule is CCC(C(=O)NCC(C)(C)C(C)(C)C)C(=O)OC. The van der Waals surface area contributed by atoms with Gasteiger partial charge in [0.1, 0.15) is 5.92 Å². The molecule has 1 unspecified atom stereocenters. The van der Waals surface area contributed by atoms with Crippen molar-refractivity contribution in [3.8, 4) is 0 Å². The molecule has 0 fully saturated rings. The van der Waals surface area contributed by atoms with E-state index in [1.54, 1.807) is 6.92 Å². The normalized spacial score (nSPS) is 13.9. The first kappa shape index (κ1) is 16.9. The highest BCUT2D eigenvalue weighted by Crippen LogP contribution is 2.37. The predicted molar refractivity (Wildman–Crippen MR) is 72.0 cm³/mol. The number of hydrogen-bond donors (Lipinski definition) is 1. The van der Waals surface area contributed by atoms with Crippen molar-refractivity contribution in [2.24, 2.45) is 16.7 Å². The number of carbonyl (C=O) groups is 2. The number of ether oxygens (including phenoxy) is 1. The molecule has 4 nitrogen and oxygen atoms in total. The Morgan fingerprint density at radius 2 is 1.67 bits per heavy atom. The lowest BCUT2D eigenvalue weighted by atomic mass is 9.69. The Hall–Kier alpha value is -1.06. The van der Waals surface area contributed by atoms with Gasteiger partial charge in [-0.1, -0.05) is 41.5 Å². The van der Waals surface area contributed by atoms with E-state index in [9.17, 15) is 9.59 Å². The molecule has 0 saturated carbocycles. The topological polar surface area (TPSA) is 55.4 Å². The van der Waals surface area contributed by atoms with Crippen molar-refractivity contribution in [3.05, 3.63) is 0 Å². The van der Waals surface area contributed by atoms with Crippen molar-refractivity contribution < 1.29 is 14.3 Å². The fourth-order valence-corrected chi connectivity index (χ4v) is 1.30. The molecule has 0 bridgehead atoms. The first-order chi connectivity index (χ1) is 8.06. The second kappa shape index (κ2) is 6.21. The minimum Gasteiger partial charge on any atom is -0.468 e. The third kappa shape index (κ3) is 4.31. The van der Waals surface area contributed by atoms with Gasteiger partial charge < -0.3 is 10.1 Å². The summed E-state index contributed by atoms with van der Waals surface area (Å²) >= 11 is 0. The van der Waals surface area contributed by atoms with Gasteiger partial charge >= 0.3 is 5.97 Å². The summed E-state index contributed by atoms with van der Waals surface area (Å²) in [7, 11) is 1.30. The second-order valence-electron chi connectivity index (χ2n) is 6.34. The van der Waals surface area contributed by atoms with E-state index < -0.39 is 11.9 Å². The van der Waals surface area contributed by atoms with Crippen LogP contribution in [0.4, 0.5) is 0 Å². The van der Waals surface area contributed by atoms with E-state index >= 15 is 0 Å². The van der Waals surface area contributed by atoms with Gasteiger partial charge in [0.15, 0.2) is 0 Å². The number of nitrogens with one attached hydrogen (secondary N) is 1. The molecule has 0 aliphatic rings. The molecular formula is C14H27NO3. The van der Waals surface area contributed by atoms with E-state index in [-0.39, 0.29) is 16.7 Å². The van der Waals surface area contributed by atoms with Crippen molar-refractivity contribution in [3.63, 3.8) is 0 Å². The van der Waals surface area contributed by atoms with Crippen LogP contribution in [0.15, 0.2) is 0 Å². The van der Waals surface area contributed by atoms with Crippen LogP contribution < -0.4 is 5.32 Å². The fourth-order valence-electron chi connectivity index (χ4n) is 1.30. The van der Waals surface area contributed by atoms with Gasteiger partial charge in [0.2, 0.25) is 5.91 Å². The molecule has 0 aliphatic carbocycles. The third-order valence-electron chi connectivity index (χ3n) is 3.95. The van der Waals surface area contributed by atoms with Gasteiger partial charge in [-0.15, -0.1) is 0 Å². The molecule has 0 aromatic heterocycles. The van der Waals surface area contributed by atoms with Gasteiger partial charge in [0.25, 0.3) is 0 Å². The molecule has 0 aromatic rings. The molecule has 0 radical (unpaired) electrons. The summed E-state index contributed by atoms with van der Waals surface area (Å²) in [5.41, 5.74) is 0.0321. The molecule has 106 valence electrons. The van der Waals surface area contributed by atoms with Gasteiger partial charge in [-0.25, -0.2) is 0 Å². The highest BCUT2D eigenvalue weighted by molar-refractivity contribution is 5.97. The number of carbonyl (C=O) groups excluding carboxylic acids is 2. The lowest BCUT2D eigenvalue weighted by Crippen LogP contribution is -2.44. The number of rotatable bonds is 5. The van der Waals surface area contributed by atoms with E-state index in [4.69, 9.17) is 0 Å². The van der Waals surface area contributed by atoms with E-state index in [0.717, 1.165) is 0 Å². The maximum atomic E-state index is 11.9. The standard InChI is InChI=1S/C14H27NO3/c1-8-10(12(17)18-7)11(16)15-9-14(5,6)13(2,3)4/h10H,8-9H2,1-7H3,(H,15,16). The summed E-state index contributed by atoms with van der Waals surface area (Å²) in [6, 6.07) is 0. The predicted octanol–water partition coefficient (Wildman–Crippen LogP) is 2.37. The molecule has 0 saturated heterocycles. The van der Waals surface area contributed by atoms with Crippen molar-refractivity contribution >= 4 is 11.9 Å². The van der Waals surface area contributed by atoms with Crippen LogP contribution in [0.1, 0.15) is 48.0 Å². The maximum Gasteiger partial charge on any atom is 0.318 e. The average Bonchev–Trinajstić information content (AvgIpc) is 2.25. The molecule has 18 heavy (non-hydrogen) atoms. The van der Waals surface area contributed by atoms with Gasteiger partial charge in [0, 0.05) is 6.54 Å². The van der Waals surface area contributed by atoms with Crippen LogP contribution in [0.25, 0.3) is 0 Å². The molecule has 1 N–H and O–H groups in total.